The van der Waals surface area contributed by atoms with Gasteiger partial charge in [0.2, 0.25) is 0 Å². The summed E-state index contributed by atoms with van der Waals surface area (Å²) in [6.07, 6.45) is 0.623. The first-order chi connectivity index (χ1) is 15.9. The highest BCUT2D eigenvalue weighted by atomic mass is 19.1. The summed E-state index contributed by atoms with van der Waals surface area (Å²) in [6, 6.07) is 18.1. The molecule has 0 saturated heterocycles. The second kappa shape index (κ2) is 9.39. The Hall–Kier alpha value is -4.40. The minimum Gasteiger partial charge on any atom is -0.481 e. The van der Waals surface area contributed by atoms with Crippen molar-refractivity contribution < 1.29 is 23.1 Å². The molecule has 4 rings (SSSR count). The van der Waals surface area contributed by atoms with Gasteiger partial charge in [-0.1, -0.05) is 18.2 Å². The number of para-hydroxylation sites is 1. The van der Waals surface area contributed by atoms with Crippen molar-refractivity contribution in [3.8, 4) is 22.9 Å². The van der Waals surface area contributed by atoms with Crippen LogP contribution in [0.1, 0.15) is 23.0 Å². The van der Waals surface area contributed by atoms with Crippen LogP contribution in [0.4, 0.5) is 4.39 Å². The fourth-order valence-corrected chi connectivity index (χ4v) is 3.06. The standard InChI is InChI=1S/C24H21FN4O4/c1-15-8-13-21(32-15)22-20(14-29(28-22)18-6-4-3-5-7-18)24(31)27-26-23(30)16(2)33-19-11-9-17(25)10-12-19/h3-14,16H,1-2H3,(H,26,30)(H,27,31). The Bertz CT molecular complexity index is 1270. The van der Waals surface area contributed by atoms with Crippen LogP contribution in [0.5, 0.6) is 5.75 Å². The van der Waals surface area contributed by atoms with Gasteiger partial charge in [0.1, 0.15) is 23.0 Å². The van der Waals surface area contributed by atoms with E-state index in [1.54, 1.807) is 29.9 Å². The largest absolute Gasteiger partial charge is 0.481 e. The topological polar surface area (TPSA) is 98.4 Å². The third kappa shape index (κ3) is 5.09. The Morgan fingerprint density at radius 3 is 2.42 bits per heavy atom. The molecule has 2 aromatic carbocycles. The average molecular weight is 448 g/mol. The van der Waals surface area contributed by atoms with Gasteiger partial charge in [0.15, 0.2) is 11.9 Å². The van der Waals surface area contributed by atoms with E-state index in [4.69, 9.17) is 9.15 Å². The molecule has 2 N–H and O–H groups in total. The number of nitrogens with one attached hydrogen (secondary N) is 2. The van der Waals surface area contributed by atoms with E-state index in [0.29, 0.717) is 23.0 Å². The van der Waals surface area contributed by atoms with E-state index in [0.717, 1.165) is 5.69 Å². The number of hydrogen-bond acceptors (Lipinski definition) is 5. The highest BCUT2D eigenvalue weighted by Crippen LogP contribution is 2.25. The van der Waals surface area contributed by atoms with Crippen molar-refractivity contribution >= 4 is 11.8 Å². The fraction of sp³-hybridized carbons (Fsp3) is 0.125. The molecule has 1 atom stereocenters. The molecular weight excluding hydrogens is 427 g/mol. The lowest BCUT2D eigenvalue weighted by molar-refractivity contribution is -0.128. The zero-order valence-corrected chi connectivity index (χ0v) is 17.9. The first-order valence-electron chi connectivity index (χ1n) is 10.1. The van der Waals surface area contributed by atoms with Gasteiger partial charge in [0.05, 0.1) is 11.3 Å². The molecule has 9 heteroatoms. The predicted molar refractivity (Wildman–Crippen MR) is 118 cm³/mol. The third-order valence-electron chi connectivity index (χ3n) is 4.75. The smallest absolute Gasteiger partial charge is 0.279 e. The van der Waals surface area contributed by atoms with Crippen LogP contribution in [-0.4, -0.2) is 27.7 Å². The van der Waals surface area contributed by atoms with Crippen molar-refractivity contribution in [2.45, 2.75) is 20.0 Å². The summed E-state index contributed by atoms with van der Waals surface area (Å²) >= 11 is 0. The number of ether oxygens (including phenoxy) is 1. The van der Waals surface area contributed by atoms with E-state index >= 15 is 0 Å². The molecular formula is C24H21FN4O4. The molecule has 2 amide bonds. The van der Waals surface area contributed by atoms with Gasteiger partial charge in [-0.25, -0.2) is 9.07 Å². The van der Waals surface area contributed by atoms with Crippen molar-refractivity contribution in [3.05, 3.63) is 90.1 Å². The van der Waals surface area contributed by atoms with Gasteiger partial charge in [-0.3, -0.25) is 20.4 Å². The summed E-state index contributed by atoms with van der Waals surface area (Å²) in [7, 11) is 0. The molecule has 2 heterocycles. The van der Waals surface area contributed by atoms with Gasteiger partial charge < -0.3 is 9.15 Å². The Labute approximate surface area is 189 Å². The van der Waals surface area contributed by atoms with Crippen LogP contribution >= 0.6 is 0 Å². The van der Waals surface area contributed by atoms with Crippen LogP contribution in [0.15, 0.2) is 77.3 Å². The second-order valence-electron chi connectivity index (χ2n) is 7.24. The summed E-state index contributed by atoms with van der Waals surface area (Å²) < 4.78 is 25.7. The maximum absolute atomic E-state index is 13.0. The van der Waals surface area contributed by atoms with Gasteiger partial charge in [-0.05, 0) is 62.4 Å². The summed E-state index contributed by atoms with van der Waals surface area (Å²) in [5.41, 5.74) is 6.02. The molecule has 168 valence electrons. The monoisotopic (exact) mass is 448 g/mol. The molecule has 8 nitrogen and oxygen atoms in total. The number of hydrazine groups is 1. The van der Waals surface area contributed by atoms with Crippen LogP contribution in [0, 0.1) is 12.7 Å². The van der Waals surface area contributed by atoms with E-state index in [1.807, 2.05) is 30.3 Å². The van der Waals surface area contributed by atoms with Crippen LogP contribution in [0.3, 0.4) is 0 Å². The number of aromatic nitrogens is 2. The number of aryl methyl sites for hydroxylation is 1. The molecule has 1 unspecified atom stereocenters. The Morgan fingerprint density at radius 1 is 1.03 bits per heavy atom. The molecule has 2 aromatic heterocycles. The normalized spacial score (nSPS) is 11.6. The quantitative estimate of drug-likeness (QED) is 0.437. The molecule has 0 bridgehead atoms. The number of carbonyl (C=O) groups excluding carboxylic acids is 2. The zero-order chi connectivity index (χ0) is 23.4. The molecule has 0 aliphatic rings. The zero-order valence-electron chi connectivity index (χ0n) is 17.9. The van der Waals surface area contributed by atoms with Gasteiger partial charge in [-0.15, -0.1) is 0 Å². The Balaban J connectivity index is 1.49. The number of carbonyl (C=O) groups is 2. The SMILES string of the molecule is Cc1ccc(-c2nn(-c3ccccc3)cc2C(=O)NNC(=O)C(C)Oc2ccc(F)cc2)o1. The highest BCUT2D eigenvalue weighted by molar-refractivity contribution is 6.00. The van der Waals surface area contributed by atoms with Crippen molar-refractivity contribution in [3.63, 3.8) is 0 Å². The number of hydrogen-bond donors (Lipinski definition) is 2. The molecule has 0 aliphatic heterocycles. The van der Waals surface area contributed by atoms with Crippen molar-refractivity contribution in [1.29, 1.82) is 0 Å². The maximum atomic E-state index is 13.0. The number of furan rings is 1. The van der Waals surface area contributed by atoms with Gasteiger partial charge in [0, 0.05) is 6.20 Å². The minimum atomic E-state index is -0.935. The number of halogens is 1. The average Bonchev–Trinajstić information content (AvgIpc) is 3.46. The minimum absolute atomic E-state index is 0.209. The Kier molecular flexibility index (Phi) is 6.21. The molecule has 0 saturated carbocycles. The molecule has 0 fully saturated rings. The van der Waals surface area contributed by atoms with Crippen molar-refractivity contribution in [2.24, 2.45) is 0 Å². The van der Waals surface area contributed by atoms with Crippen LogP contribution in [0.2, 0.25) is 0 Å². The summed E-state index contributed by atoms with van der Waals surface area (Å²) in [6.45, 7) is 3.30. The summed E-state index contributed by atoms with van der Waals surface area (Å²) in [5.74, 6) is -0.158. The number of amides is 2. The van der Waals surface area contributed by atoms with Gasteiger partial charge in [0.25, 0.3) is 11.8 Å². The van der Waals surface area contributed by atoms with Crippen LogP contribution < -0.4 is 15.6 Å². The van der Waals surface area contributed by atoms with E-state index in [-0.39, 0.29) is 5.56 Å². The van der Waals surface area contributed by atoms with E-state index in [2.05, 4.69) is 16.0 Å². The van der Waals surface area contributed by atoms with Crippen molar-refractivity contribution in [2.75, 3.05) is 0 Å². The molecule has 33 heavy (non-hydrogen) atoms. The first-order valence-corrected chi connectivity index (χ1v) is 10.1. The summed E-state index contributed by atoms with van der Waals surface area (Å²) in [4.78, 5) is 25.3. The molecule has 0 radical (unpaired) electrons. The Morgan fingerprint density at radius 2 is 1.76 bits per heavy atom. The molecule has 4 aromatic rings. The van der Waals surface area contributed by atoms with Crippen LogP contribution in [-0.2, 0) is 4.79 Å². The lowest BCUT2D eigenvalue weighted by Crippen LogP contribution is -2.47. The third-order valence-corrected chi connectivity index (χ3v) is 4.75. The van der Waals surface area contributed by atoms with Gasteiger partial charge >= 0.3 is 0 Å². The fourth-order valence-electron chi connectivity index (χ4n) is 3.06. The van der Waals surface area contributed by atoms with E-state index in [1.165, 1.54) is 31.2 Å². The number of nitrogens with zero attached hydrogens (tertiary/aromatic N) is 2. The first kappa shape index (κ1) is 21.8. The van der Waals surface area contributed by atoms with E-state index in [9.17, 15) is 14.0 Å². The summed E-state index contributed by atoms with van der Waals surface area (Å²) in [5, 5.41) is 4.50. The highest BCUT2D eigenvalue weighted by Gasteiger charge is 2.22. The molecule has 0 spiro atoms. The van der Waals surface area contributed by atoms with Crippen LogP contribution in [0.25, 0.3) is 17.1 Å². The lowest BCUT2D eigenvalue weighted by atomic mass is 10.2. The second-order valence-corrected chi connectivity index (χ2v) is 7.24. The van der Waals surface area contributed by atoms with E-state index < -0.39 is 23.7 Å². The van der Waals surface area contributed by atoms with Crippen molar-refractivity contribution in [1.82, 2.24) is 20.6 Å². The lowest BCUT2D eigenvalue weighted by Gasteiger charge is -2.15. The number of benzene rings is 2. The number of rotatable bonds is 6. The molecule has 0 aliphatic carbocycles. The predicted octanol–water partition coefficient (Wildman–Crippen LogP) is 3.81. The van der Waals surface area contributed by atoms with Gasteiger partial charge in [-0.2, -0.15) is 5.10 Å². The maximum Gasteiger partial charge on any atom is 0.279 e.